The van der Waals surface area contributed by atoms with Gasteiger partial charge in [-0.05, 0) is 55.2 Å². The second kappa shape index (κ2) is 9.28. The van der Waals surface area contributed by atoms with E-state index in [-0.39, 0.29) is 17.3 Å². The first-order valence-corrected chi connectivity index (χ1v) is 9.94. The van der Waals surface area contributed by atoms with Crippen LogP contribution in [0.15, 0.2) is 48.8 Å². The highest BCUT2D eigenvalue weighted by atomic mass is 19.4. The van der Waals surface area contributed by atoms with Crippen molar-refractivity contribution in [3.05, 3.63) is 59.9 Å². The van der Waals surface area contributed by atoms with E-state index >= 15 is 0 Å². The molecule has 8 heteroatoms. The van der Waals surface area contributed by atoms with E-state index < -0.39 is 24.0 Å². The first-order valence-electron chi connectivity index (χ1n) is 9.94. The number of nitrogens with one attached hydrogen (secondary N) is 1. The molecule has 1 atom stereocenters. The van der Waals surface area contributed by atoms with Gasteiger partial charge in [-0.15, -0.1) is 0 Å². The smallest absolute Gasteiger partial charge is 0.351 e. The fourth-order valence-electron chi connectivity index (χ4n) is 3.79. The van der Waals surface area contributed by atoms with Crippen LogP contribution in [0.3, 0.4) is 0 Å². The fraction of sp³-hybridized carbons (Fsp3) is 0.409. The summed E-state index contributed by atoms with van der Waals surface area (Å²) in [4.78, 5) is 30.2. The van der Waals surface area contributed by atoms with Crippen LogP contribution in [0.1, 0.15) is 49.3 Å². The summed E-state index contributed by atoms with van der Waals surface area (Å²) >= 11 is 0. The van der Waals surface area contributed by atoms with Crippen molar-refractivity contribution in [1.82, 2.24) is 10.3 Å². The Morgan fingerprint density at radius 3 is 2.37 bits per heavy atom. The van der Waals surface area contributed by atoms with E-state index in [1.165, 1.54) is 36.7 Å². The number of halogens is 3. The van der Waals surface area contributed by atoms with E-state index in [4.69, 9.17) is 0 Å². The Morgan fingerprint density at radius 2 is 1.77 bits per heavy atom. The Kier molecular flexibility index (Phi) is 6.74. The number of amides is 2. The molecule has 0 spiro atoms. The van der Waals surface area contributed by atoms with Crippen LogP contribution in [0.4, 0.5) is 18.9 Å². The van der Waals surface area contributed by atoms with Gasteiger partial charge in [0, 0.05) is 24.1 Å². The molecule has 0 unspecified atom stereocenters. The van der Waals surface area contributed by atoms with Gasteiger partial charge in [-0.25, -0.2) is 0 Å². The third-order valence-electron chi connectivity index (χ3n) is 5.22. The average Bonchev–Trinajstić information content (AvgIpc) is 2.72. The Bertz CT molecular complexity index is 881. The van der Waals surface area contributed by atoms with Gasteiger partial charge in [0.05, 0.1) is 0 Å². The molecule has 5 nitrogen and oxygen atoms in total. The molecule has 1 fully saturated rings. The van der Waals surface area contributed by atoms with Gasteiger partial charge in [0.25, 0.3) is 0 Å². The van der Waals surface area contributed by atoms with Crippen LogP contribution in [-0.2, 0) is 9.59 Å². The number of benzene rings is 1. The van der Waals surface area contributed by atoms with Crippen LogP contribution < -0.4 is 10.2 Å². The summed E-state index contributed by atoms with van der Waals surface area (Å²) in [5, 5.41) is 2.87. The monoisotopic (exact) mass is 419 g/mol. The molecule has 1 saturated carbocycles. The Morgan fingerprint density at radius 1 is 1.10 bits per heavy atom. The predicted octanol–water partition coefficient (Wildman–Crippen LogP) is 4.48. The van der Waals surface area contributed by atoms with Gasteiger partial charge in [-0.2, -0.15) is 13.2 Å². The summed E-state index contributed by atoms with van der Waals surface area (Å²) in [7, 11) is 0. The molecule has 1 heterocycles. The molecule has 1 aliphatic carbocycles. The molecule has 0 bridgehead atoms. The molecule has 1 aromatic carbocycles. The van der Waals surface area contributed by atoms with Gasteiger partial charge >= 0.3 is 12.1 Å². The van der Waals surface area contributed by atoms with Gasteiger partial charge in [0.1, 0.15) is 6.04 Å². The molecule has 0 aliphatic heterocycles. The van der Waals surface area contributed by atoms with Crippen molar-refractivity contribution >= 4 is 17.5 Å². The number of hydrogen-bond acceptors (Lipinski definition) is 3. The van der Waals surface area contributed by atoms with Crippen molar-refractivity contribution in [3.8, 4) is 0 Å². The highest BCUT2D eigenvalue weighted by molar-refractivity contribution is 6.03. The SMILES string of the molecule is Cc1cccc(N(C(=O)C(F)(F)F)[C@H](C(=O)NC2CCCCC2)c2ccncc2)c1. The van der Waals surface area contributed by atoms with Crippen LogP contribution in [0, 0.1) is 6.92 Å². The highest BCUT2D eigenvalue weighted by Crippen LogP contribution is 2.33. The van der Waals surface area contributed by atoms with Crippen molar-refractivity contribution in [3.63, 3.8) is 0 Å². The zero-order valence-corrected chi connectivity index (χ0v) is 16.7. The molecule has 1 aliphatic rings. The molecule has 1 aromatic heterocycles. The maximum absolute atomic E-state index is 13.5. The van der Waals surface area contributed by atoms with Gasteiger partial charge in [-0.3, -0.25) is 19.5 Å². The molecule has 2 aromatic rings. The second-order valence-corrected chi connectivity index (χ2v) is 7.54. The molecule has 30 heavy (non-hydrogen) atoms. The van der Waals surface area contributed by atoms with E-state index in [1.54, 1.807) is 19.1 Å². The van der Waals surface area contributed by atoms with E-state index in [1.807, 2.05) is 0 Å². The standard InChI is InChI=1S/C22H24F3N3O2/c1-15-6-5-9-18(14-15)28(21(30)22(23,24)25)19(16-10-12-26-13-11-16)20(29)27-17-7-3-2-4-8-17/h5-6,9-14,17,19H,2-4,7-8H2,1H3,(H,27,29)/t19-/m0/s1. The first-order chi connectivity index (χ1) is 14.3. The molecule has 0 saturated heterocycles. The minimum atomic E-state index is -5.14. The van der Waals surface area contributed by atoms with Gasteiger partial charge in [-0.1, -0.05) is 31.4 Å². The second-order valence-electron chi connectivity index (χ2n) is 7.54. The lowest BCUT2D eigenvalue weighted by Crippen LogP contribution is -2.50. The first kappa shape index (κ1) is 21.8. The fourth-order valence-corrected chi connectivity index (χ4v) is 3.79. The molecular weight excluding hydrogens is 395 g/mol. The van der Waals surface area contributed by atoms with Crippen molar-refractivity contribution in [2.45, 2.75) is 57.3 Å². The minimum Gasteiger partial charge on any atom is -0.351 e. The number of carbonyl (C=O) groups excluding carboxylic acids is 2. The lowest BCUT2D eigenvalue weighted by atomic mass is 9.94. The molecular formula is C22H24F3N3O2. The maximum atomic E-state index is 13.5. The van der Waals surface area contributed by atoms with E-state index in [2.05, 4.69) is 10.3 Å². The number of alkyl halides is 3. The number of rotatable bonds is 5. The van der Waals surface area contributed by atoms with Gasteiger partial charge in [0.2, 0.25) is 5.91 Å². The zero-order valence-electron chi connectivity index (χ0n) is 16.7. The highest BCUT2D eigenvalue weighted by Gasteiger charge is 2.47. The number of aryl methyl sites for hydroxylation is 1. The van der Waals surface area contributed by atoms with Crippen molar-refractivity contribution in [2.24, 2.45) is 0 Å². The number of carbonyl (C=O) groups is 2. The van der Waals surface area contributed by atoms with Crippen molar-refractivity contribution in [2.75, 3.05) is 4.90 Å². The van der Waals surface area contributed by atoms with E-state index in [0.717, 1.165) is 32.1 Å². The summed E-state index contributed by atoms with van der Waals surface area (Å²) in [6.45, 7) is 1.71. The predicted molar refractivity (Wildman–Crippen MR) is 107 cm³/mol. The minimum absolute atomic E-state index is 0.0120. The lowest BCUT2D eigenvalue weighted by Gasteiger charge is -2.33. The van der Waals surface area contributed by atoms with Crippen LogP contribution >= 0.6 is 0 Å². The number of anilines is 1. The third kappa shape index (κ3) is 5.17. The number of aromatic nitrogens is 1. The lowest BCUT2D eigenvalue weighted by molar-refractivity contribution is -0.171. The Hall–Kier alpha value is -2.90. The van der Waals surface area contributed by atoms with E-state index in [0.29, 0.717) is 10.5 Å². The Labute approximate surface area is 173 Å². The van der Waals surface area contributed by atoms with Crippen molar-refractivity contribution in [1.29, 1.82) is 0 Å². The summed E-state index contributed by atoms with van der Waals surface area (Å²) in [5.74, 6) is -2.72. The Balaban J connectivity index is 2.06. The van der Waals surface area contributed by atoms with E-state index in [9.17, 15) is 22.8 Å². The quantitative estimate of drug-likeness (QED) is 0.778. The number of nitrogens with zero attached hydrogens (tertiary/aromatic N) is 2. The molecule has 2 amide bonds. The summed E-state index contributed by atoms with van der Waals surface area (Å²) in [6.07, 6.45) is 2.16. The largest absolute Gasteiger partial charge is 0.471 e. The van der Waals surface area contributed by atoms with Crippen LogP contribution in [0.25, 0.3) is 0 Å². The molecule has 1 N–H and O–H groups in total. The third-order valence-corrected chi connectivity index (χ3v) is 5.22. The maximum Gasteiger partial charge on any atom is 0.471 e. The number of pyridine rings is 1. The summed E-state index contributed by atoms with van der Waals surface area (Å²) < 4.78 is 40.6. The topological polar surface area (TPSA) is 62.3 Å². The molecule has 0 radical (unpaired) electrons. The van der Waals surface area contributed by atoms with Crippen molar-refractivity contribution < 1.29 is 22.8 Å². The number of hydrogen-bond donors (Lipinski definition) is 1. The molecule has 160 valence electrons. The zero-order chi connectivity index (χ0) is 21.7. The molecule has 3 rings (SSSR count). The van der Waals surface area contributed by atoms with Gasteiger partial charge < -0.3 is 5.32 Å². The summed E-state index contributed by atoms with van der Waals surface area (Å²) in [6, 6.07) is 7.47. The summed E-state index contributed by atoms with van der Waals surface area (Å²) in [5.41, 5.74) is 0.948. The van der Waals surface area contributed by atoms with Crippen LogP contribution in [0.5, 0.6) is 0 Å². The normalized spacial score (nSPS) is 16.0. The average molecular weight is 419 g/mol. The van der Waals surface area contributed by atoms with Crippen LogP contribution in [0.2, 0.25) is 0 Å². The van der Waals surface area contributed by atoms with Gasteiger partial charge in [0.15, 0.2) is 0 Å². The van der Waals surface area contributed by atoms with Crippen LogP contribution in [-0.4, -0.2) is 29.0 Å².